The van der Waals surface area contributed by atoms with Crippen molar-refractivity contribution in [1.29, 1.82) is 0 Å². The van der Waals surface area contributed by atoms with E-state index in [1.807, 2.05) is 0 Å². The number of ether oxygens (including phenoxy) is 1. The molecule has 0 aliphatic rings. The highest BCUT2D eigenvalue weighted by atomic mass is 19.4. The van der Waals surface area contributed by atoms with Crippen LogP contribution in [0.15, 0.2) is 61.2 Å². The van der Waals surface area contributed by atoms with Gasteiger partial charge in [0.05, 0.1) is 18.3 Å². The molecule has 4 aromatic rings. The third-order valence-corrected chi connectivity index (χ3v) is 4.50. The standard InChI is InChI=1S/C20H12F6N4O2/c21-14-8-13(32-17-3-1-2-5-27-17)10-30(31)18(14)15-7-12-4-6-29(16(12)9-28-15)11-19(22,23)20(24,25)26/h1-10H,11H2. The largest absolute Gasteiger partial charge is 0.618 e. The van der Waals surface area contributed by atoms with E-state index < -0.39 is 30.2 Å². The van der Waals surface area contributed by atoms with Gasteiger partial charge in [0.25, 0.3) is 5.69 Å². The second-order valence-electron chi connectivity index (χ2n) is 6.74. The second kappa shape index (κ2) is 7.70. The van der Waals surface area contributed by atoms with Crippen LogP contribution >= 0.6 is 0 Å². The number of hydrogen-bond acceptors (Lipinski definition) is 4. The van der Waals surface area contributed by atoms with Crippen LogP contribution in [0.25, 0.3) is 22.3 Å². The molecule has 0 fully saturated rings. The Bertz CT molecular complexity index is 1250. The fraction of sp³-hybridized carbons (Fsp3) is 0.150. The zero-order chi connectivity index (χ0) is 23.1. The molecule has 0 aromatic carbocycles. The molecule has 166 valence electrons. The normalized spacial score (nSPS) is 12.3. The van der Waals surface area contributed by atoms with Gasteiger partial charge in [0, 0.05) is 29.9 Å². The van der Waals surface area contributed by atoms with Crippen molar-refractivity contribution in [2.75, 3.05) is 0 Å². The summed E-state index contributed by atoms with van der Waals surface area (Å²) in [7, 11) is 0. The van der Waals surface area contributed by atoms with Crippen LogP contribution in [0.3, 0.4) is 0 Å². The van der Waals surface area contributed by atoms with Crippen molar-refractivity contribution < 1.29 is 35.8 Å². The summed E-state index contributed by atoms with van der Waals surface area (Å²) in [4.78, 5) is 7.77. The lowest BCUT2D eigenvalue weighted by atomic mass is 10.2. The first kappa shape index (κ1) is 21.4. The fourth-order valence-electron chi connectivity index (χ4n) is 2.99. The van der Waals surface area contributed by atoms with Crippen molar-refractivity contribution >= 4 is 10.9 Å². The van der Waals surface area contributed by atoms with Gasteiger partial charge in [-0.25, -0.2) is 9.97 Å². The van der Waals surface area contributed by atoms with Crippen LogP contribution in [0.4, 0.5) is 26.3 Å². The van der Waals surface area contributed by atoms with Gasteiger partial charge in [-0.05, 0) is 18.2 Å². The Balaban J connectivity index is 1.66. The molecule has 0 spiro atoms. The van der Waals surface area contributed by atoms with E-state index in [0.717, 1.165) is 24.7 Å². The minimum absolute atomic E-state index is 0.0364. The maximum atomic E-state index is 14.7. The van der Waals surface area contributed by atoms with Gasteiger partial charge in [0.15, 0.2) is 5.75 Å². The van der Waals surface area contributed by atoms with Gasteiger partial charge in [-0.1, -0.05) is 6.07 Å². The Kier molecular flexibility index (Phi) is 5.15. The van der Waals surface area contributed by atoms with E-state index in [9.17, 15) is 31.5 Å². The molecular formula is C20H12F6N4O2. The van der Waals surface area contributed by atoms with Crippen molar-refractivity contribution in [3.8, 4) is 23.0 Å². The van der Waals surface area contributed by atoms with E-state index in [0.29, 0.717) is 4.57 Å². The van der Waals surface area contributed by atoms with Crippen LogP contribution in [0, 0.1) is 11.0 Å². The zero-order valence-electron chi connectivity index (χ0n) is 15.9. The lowest BCUT2D eigenvalue weighted by molar-refractivity contribution is -0.595. The first-order chi connectivity index (χ1) is 15.0. The summed E-state index contributed by atoms with van der Waals surface area (Å²) in [6.07, 6.45) is -1.29. The lowest BCUT2D eigenvalue weighted by Crippen LogP contribution is -2.40. The number of pyridine rings is 3. The molecule has 0 amide bonds. The Morgan fingerprint density at radius 3 is 2.50 bits per heavy atom. The molecular weight excluding hydrogens is 442 g/mol. The maximum Gasteiger partial charge on any atom is 0.455 e. The molecule has 0 radical (unpaired) electrons. The first-order valence-corrected chi connectivity index (χ1v) is 8.96. The zero-order valence-corrected chi connectivity index (χ0v) is 15.9. The van der Waals surface area contributed by atoms with Crippen molar-refractivity contribution in [3.05, 3.63) is 72.2 Å². The minimum atomic E-state index is -5.72. The highest BCUT2D eigenvalue weighted by Gasteiger charge is 2.57. The summed E-state index contributed by atoms with van der Waals surface area (Å²) >= 11 is 0. The Labute approximate surface area is 175 Å². The molecule has 12 heteroatoms. The summed E-state index contributed by atoms with van der Waals surface area (Å²) < 4.78 is 85.1. The smallest absolute Gasteiger partial charge is 0.455 e. The van der Waals surface area contributed by atoms with Crippen molar-refractivity contribution in [3.63, 3.8) is 0 Å². The number of fused-ring (bicyclic) bond motifs is 1. The number of rotatable bonds is 5. The van der Waals surface area contributed by atoms with E-state index in [4.69, 9.17) is 4.74 Å². The molecule has 0 aliphatic carbocycles. The molecule has 6 nitrogen and oxygen atoms in total. The number of aromatic nitrogens is 4. The maximum absolute atomic E-state index is 14.7. The quantitative estimate of drug-likeness (QED) is 0.245. The van der Waals surface area contributed by atoms with E-state index in [1.165, 1.54) is 24.4 Å². The van der Waals surface area contributed by atoms with Crippen LogP contribution in [-0.2, 0) is 6.54 Å². The Morgan fingerprint density at radius 2 is 1.84 bits per heavy atom. The molecule has 32 heavy (non-hydrogen) atoms. The average Bonchev–Trinajstić information content (AvgIpc) is 3.09. The predicted octanol–water partition coefficient (Wildman–Crippen LogP) is 4.86. The first-order valence-electron chi connectivity index (χ1n) is 8.96. The summed E-state index contributed by atoms with van der Waals surface area (Å²) in [6, 6.07) is 8.20. The molecule has 0 saturated carbocycles. The summed E-state index contributed by atoms with van der Waals surface area (Å²) in [5.41, 5.74) is -0.658. The van der Waals surface area contributed by atoms with E-state index in [2.05, 4.69) is 9.97 Å². The number of hydrogen-bond donors (Lipinski definition) is 0. The Hall–Kier alpha value is -3.83. The molecule has 0 saturated heterocycles. The molecule has 4 heterocycles. The van der Waals surface area contributed by atoms with Crippen molar-refractivity contribution in [2.45, 2.75) is 18.6 Å². The summed E-state index contributed by atoms with van der Waals surface area (Å²) in [5, 5.41) is 12.6. The summed E-state index contributed by atoms with van der Waals surface area (Å²) in [6.45, 7) is -1.64. The number of halogens is 6. The van der Waals surface area contributed by atoms with Gasteiger partial charge in [-0.2, -0.15) is 31.1 Å². The lowest BCUT2D eigenvalue weighted by Gasteiger charge is -2.20. The predicted molar refractivity (Wildman–Crippen MR) is 99.4 cm³/mol. The van der Waals surface area contributed by atoms with Crippen LogP contribution in [0.1, 0.15) is 0 Å². The van der Waals surface area contributed by atoms with E-state index in [-0.39, 0.29) is 33.0 Å². The van der Waals surface area contributed by atoms with Crippen LogP contribution in [0.5, 0.6) is 11.6 Å². The average molecular weight is 454 g/mol. The molecule has 0 bridgehead atoms. The topological polar surface area (TPSA) is 66.9 Å². The Morgan fingerprint density at radius 1 is 1.06 bits per heavy atom. The van der Waals surface area contributed by atoms with Crippen molar-refractivity contribution in [1.82, 2.24) is 14.5 Å². The van der Waals surface area contributed by atoms with Gasteiger partial charge >= 0.3 is 12.1 Å². The van der Waals surface area contributed by atoms with Crippen LogP contribution in [-0.4, -0.2) is 26.6 Å². The minimum Gasteiger partial charge on any atom is -0.618 e. The van der Waals surface area contributed by atoms with Crippen molar-refractivity contribution in [2.24, 2.45) is 0 Å². The molecule has 0 atom stereocenters. The van der Waals surface area contributed by atoms with Crippen LogP contribution < -0.4 is 9.47 Å². The van der Waals surface area contributed by atoms with E-state index in [1.54, 1.807) is 12.1 Å². The highest BCUT2D eigenvalue weighted by Crippen LogP contribution is 2.37. The highest BCUT2D eigenvalue weighted by molar-refractivity contribution is 5.82. The third-order valence-electron chi connectivity index (χ3n) is 4.50. The molecule has 4 aromatic heterocycles. The molecule has 0 N–H and O–H groups in total. The molecule has 0 aliphatic heterocycles. The van der Waals surface area contributed by atoms with Gasteiger partial charge < -0.3 is 14.5 Å². The van der Waals surface area contributed by atoms with Gasteiger partial charge in [-0.3, -0.25) is 0 Å². The monoisotopic (exact) mass is 454 g/mol. The molecule has 4 rings (SSSR count). The third kappa shape index (κ3) is 4.03. The SMILES string of the molecule is [O-][n+]1cc(Oc2ccccn2)cc(F)c1-c1cc2ccn(CC(F)(F)C(F)(F)F)c2cn1. The van der Waals surface area contributed by atoms with Gasteiger partial charge in [-0.15, -0.1) is 0 Å². The second-order valence-corrected chi connectivity index (χ2v) is 6.74. The fourth-order valence-corrected chi connectivity index (χ4v) is 2.99. The van der Waals surface area contributed by atoms with Gasteiger partial charge in [0.2, 0.25) is 17.9 Å². The number of nitrogens with zero attached hydrogens (tertiary/aromatic N) is 4. The molecule has 0 unspecified atom stereocenters. The van der Waals surface area contributed by atoms with Crippen LogP contribution in [0.2, 0.25) is 0 Å². The summed E-state index contributed by atoms with van der Waals surface area (Å²) in [5.74, 6) is -5.92. The number of alkyl halides is 5. The van der Waals surface area contributed by atoms with E-state index >= 15 is 0 Å². The van der Waals surface area contributed by atoms with Gasteiger partial charge in [0.1, 0.15) is 5.69 Å².